The maximum Gasteiger partial charge on any atom is 0.433 e. The molecule has 0 bridgehead atoms. The topological polar surface area (TPSA) is 160 Å². The van der Waals surface area contributed by atoms with Crippen LogP contribution in [0.2, 0.25) is 0 Å². The van der Waals surface area contributed by atoms with E-state index in [0.29, 0.717) is 41.5 Å². The number of imidazole rings is 1. The second-order valence-electron chi connectivity index (χ2n) is 17.6. The molecule has 5 aromatic rings. The number of fused-ring (bicyclic) bond motifs is 2. The molecule has 1 aliphatic carbocycles. The van der Waals surface area contributed by atoms with Gasteiger partial charge in [0, 0.05) is 55.4 Å². The summed E-state index contributed by atoms with van der Waals surface area (Å²) in [4.78, 5) is 59.4. The Balaban J connectivity index is 0.860. The van der Waals surface area contributed by atoms with Gasteiger partial charge in [0.1, 0.15) is 17.4 Å². The standard InChI is InChI=1S/C44H52F3N9O5/c1-43(2,61)31-22-33-28(21-34(31)49-40(58)32-8-6-10-37(48-32)44(45,46)47)25-55(51-33)30-13-11-26(12-14-30)23-52(3)29-17-19-54(20-18-29)24-27-7-5-9-35-39(27)53(4)42(60)56(35)36-15-16-38(57)50-41(36)59/h5-10,21-22,25-26,29-30,36,61H,11-20,23-24H2,1-4H3,(H,49,58)(H,50,57,59)/t26?,30?,36-/m1/s1. The summed E-state index contributed by atoms with van der Waals surface area (Å²) in [5.41, 5.74) is 0.662. The molecule has 0 unspecified atom stereocenters. The summed E-state index contributed by atoms with van der Waals surface area (Å²) >= 11 is 0. The van der Waals surface area contributed by atoms with E-state index < -0.39 is 35.3 Å². The van der Waals surface area contributed by atoms with Gasteiger partial charge >= 0.3 is 11.9 Å². The van der Waals surface area contributed by atoms with Crippen molar-refractivity contribution in [2.45, 2.75) is 102 Å². The zero-order valence-electron chi connectivity index (χ0n) is 34.8. The Hall–Kier alpha value is -5.39. The number of likely N-dealkylation sites (tertiary alicyclic amines) is 1. The highest BCUT2D eigenvalue weighted by Gasteiger charge is 2.35. The molecule has 2 aromatic carbocycles. The molecule has 61 heavy (non-hydrogen) atoms. The van der Waals surface area contributed by atoms with Crippen molar-refractivity contribution in [3.8, 4) is 0 Å². The smallest absolute Gasteiger partial charge is 0.386 e. The summed E-state index contributed by atoms with van der Waals surface area (Å²) in [6.45, 7) is 6.70. The zero-order valence-corrected chi connectivity index (χ0v) is 34.8. The lowest BCUT2D eigenvalue weighted by molar-refractivity contribution is -0.141. The van der Waals surface area contributed by atoms with Crippen LogP contribution in [-0.2, 0) is 35.0 Å². The van der Waals surface area contributed by atoms with Crippen molar-refractivity contribution in [2.24, 2.45) is 13.0 Å². The maximum absolute atomic E-state index is 13.4. The molecule has 3 aliphatic rings. The molecule has 5 heterocycles. The quantitative estimate of drug-likeness (QED) is 0.146. The van der Waals surface area contributed by atoms with E-state index in [2.05, 4.69) is 32.5 Å². The van der Waals surface area contributed by atoms with Crippen LogP contribution in [0, 0.1) is 5.92 Å². The van der Waals surface area contributed by atoms with Gasteiger partial charge in [-0.3, -0.25) is 38.4 Å². The Morgan fingerprint density at radius 3 is 2.39 bits per heavy atom. The molecule has 0 radical (unpaired) electrons. The number of halogens is 3. The Morgan fingerprint density at radius 1 is 0.984 bits per heavy atom. The van der Waals surface area contributed by atoms with Crippen molar-refractivity contribution in [3.63, 3.8) is 0 Å². The average Bonchev–Trinajstić information content (AvgIpc) is 3.75. The first-order valence-corrected chi connectivity index (χ1v) is 21.0. The fraction of sp³-hybridized carbons (Fsp3) is 0.500. The van der Waals surface area contributed by atoms with Crippen molar-refractivity contribution in [1.29, 1.82) is 0 Å². The number of aromatic nitrogens is 5. The number of aliphatic hydroxyl groups is 1. The van der Waals surface area contributed by atoms with E-state index in [-0.39, 0.29) is 35.4 Å². The van der Waals surface area contributed by atoms with Crippen LogP contribution in [0.4, 0.5) is 18.9 Å². The van der Waals surface area contributed by atoms with E-state index in [1.807, 2.05) is 29.1 Å². The zero-order chi connectivity index (χ0) is 43.4. The van der Waals surface area contributed by atoms with Gasteiger partial charge in [0.2, 0.25) is 11.8 Å². The number of hydrogen-bond acceptors (Lipinski definition) is 9. The third kappa shape index (κ3) is 8.73. The Bertz CT molecular complexity index is 2540. The highest BCUT2D eigenvalue weighted by molar-refractivity contribution is 6.04. The molecular formula is C44H52F3N9O5. The summed E-state index contributed by atoms with van der Waals surface area (Å²) in [5.74, 6) is -1.02. The summed E-state index contributed by atoms with van der Waals surface area (Å²) in [6.07, 6.45) is 3.79. The van der Waals surface area contributed by atoms with Gasteiger partial charge < -0.3 is 15.3 Å². The average molecular weight is 844 g/mol. The van der Waals surface area contributed by atoms with Crippen molar-refractivity contribution in [1.82, 2.24) is 39.0 Å². The number of amides is 3. The number of aryl methyl sites for hydroxylation is 1. The molecular weight excluding hydrogens is 792 g/mol. The molecule has 2 saturated heterocycles. The number of imide groups is 1. The third-order valence-electron chi connectivity index (χ3n) is 12.9. The number of nitrogens with one attached hydrogen (secondary N) is 2. The highest BCUT2D eigenvalue weighted by Crippen LogP contribution is 2.37. The number of carbonyl (C=O) groups is 3. The van der Waals surface area contributed by atoms with E-state index in [1.165, 1.54) is 10.6 Å². The number of alkyl halides is 3. The summed E-state index contributed by atoms with van der Waals surface area (Å²) < 4.78 is 45.0. The van der Waals surface area contributed by atoms with E-state index >= 15 is 0 Å². The van der Waals surface area contributed by atoms with Crippen LogP contribution in [0.5, 0.6) is 0 Å². The lowest BCUT2D eigenvalue weighted by Crippen LogP contribution is -2.44. The van der Waals surface area contributed by atoms with Gasteiger partial charge in [-0.15, -0.1) is 0 Å². The molecule has 17 heteroatoms. The van der Waals surface area contributed by atoms with Gasteiger partial charge in [-0.05, 0) is 121 Å². The Kier molecular flexibility index (Phi) is 11.4. The lowest BCUT2D eigenvalue weighted by Gasteiger charge is -2.39. The van der Waals surface area contributed by atoms with Gasteiger partial charge in [0.05, 0.1) is 28.2 Å². The van der Waals surface area contributed by atoms with Crippen LogP contribution in [0.3, 0.4) is 0 Å². The minimum Gasteiger partial charge on any atom is -0.386 e. The molecule has 14 nitrogen and oxygen atoms in total. The minimum atomic E-state index is -4.70. The molecule has 3 N–H and O–H groups in total. The molecule has 324 valence electrons. The number of piperidine rings is 2. The van der Waals surface area contributed by atoms with Crippen LogP contribution in [0.15, 0.2) is 59.5 Å². The number of para-hydroxylation sites is 1. The Morgan fingerprint density at radius 2 is 1.70 bits per heavy atom. The van der Waals surface area contributed by atoms with E-state index in [1.54, 1.807) is 37.6 Å². The van der Waals surface area contributed by atoms with Gasteiger partial charge in [-0.2, -0.15) is 18.3 Å². The second-order valence-corrected chi connectivity index (χ2v) is 17.6. The lowest BCUT2D eigenvalue weighted by atomic mass is 9.85. The normalized spacial score (nSPS) is 21.1. The summed E-state index contributed by atoms with van der Waals surface area (Å²) in [6, 6.07) is 12.4. The van der Waals surface area contributed by atoms with Gasteiger partial charge in [-0.1, -0.05) is 18.2 Å². The number of hydrogen-bond donors (Lipinski definition) is 3. The molecule has 2 aliphatic heterocycles. The van der Waals surface area contributed by atoms with Gasteiger partial charge in [0.25, 0.3) is 5.91 Å². The van der Waals surface area contributed by atoms with Crippen LogP contribution >= 0.6 is 0 Å². The van der Waals surface area contributed by atoms with Crippen LogP contribution in [0.1, 0.15) is 105 Å². The van der Waals surface area contributed by atoms with Gasteiger partial charge in [0.15, 0.2) is 0 Å². The minimum absolute atomic E-state index is 0.181. The number of benzene rings is 2. The first-order valence-electron chi connectivity index (χ1n) is 21.0. The monoisotopic (exact) mass is 843 g/mol. The fourth-order valence-corrected chi connectivity index (χ4v) is 9.58. The van der Waals surface area contributed by atoms with E-state index in [9.17, 15) is 37.5 Å². The molecule has 3 fully saturated rings. The predicted octanol–water partition coefficient (Wildman–Crippen LogP) is 5.89. The van der Waals surface area contributed by atoms with Gasteiger partial charge in [-0.25, -0.2) is 9.78 Å². The number of nitrogens with zero attached hydrogens (tertiary/aromatic N) is 7. The van der Waals surface area contributed by atoms with Crippen LogP contribution in [-0.4, -0.2) is 89.3 Å². The molecule has 8 rings (SSSR count). The first-order chi connectivity index (χ1) is 28.9. The van der Waals surface area contributed by atoms with Crippen LogP contribution < -0.4 is 16.3 Å². The van der Waals surface area contributed by atoms with Crippen molar-refractivity contribution >= 4 is 45.3 Å². The fourth-order valence-electron chi connectivity index (χ4n) is 9.58. The third-order valence-corrected chi connectivity index (χ3v) is 12.9. The predicted molar refractivity (Wildman–Crippen MR) is 223 cm³/mol. The van der Waals surface area contributed by atoms with Crippen LogP contribution in [0.25, 0.3) is 21.9 Å². The number of rotatable bonds is 10. The molecule has 3 aromatic heterocycles. The molecule has 3 amide bonds. The van der Waals surface area contributed by atoms with Crippen molar-refractivity contribution in [2.75, 3.05) is 32.0 Å². The van der Waals surface area contributed by atoms with Crippen molar-refractivity contribution in [3.05, 3.63) is 87.7 Å². The number of pyridine rings is 1. The van der Waals surface area contributed by atoms with E-state index in [0.717, 1.165) is 86.8 Å². The summed E-state index contributed by atoms with van der Waals surface area (Å²) in [7, 11) is 3.96. The van der Waals surface area contributed by atoms with Crippen molar-refractivity contribution < 1.29 is 32.7 Å². The molecule has 1 atom stereocenters. The first kappa shape index (κ1) is 42.3. The SMILES string of the molecule is CN(CC1CCC(n2cc3cc(NC(=O)c4cccc(C(F)(F)F)n4)c(C(C)(C)O)cc3n2)CC1)C1CCN(Cc2cccc3c2n(C)c(=O)n3[C@@H]2CCC(=O)NC2=O)CC1. The molecule has 0 spiro atoms. The molecule has 1 saturated carbocycles. The number of carbonyl (C=O) groups excluding carboxylic acids is 3. The second kappa shape index (κ2) is 16.5. The number of anilines is 1. The summed E-state index contributed by atoms with van der Waals surface area (Å²) in [5, 5.41) is 21.7. The Labute approximate surface area is 350 Å². The van der Waals surface area contributed by atoms with E-state index in [4.69, 9.17) is 5.10 Å². The largest absolute Gasteiger partial charge is 0.433 e. The maximum atomic E-state index is 13.4. The highest BCUT2D eigenvalue weighted by atomic mass is 19.4.